The standard InChI is InChI=1S/C19H22ClN3O4S/c20-13-1-2-15-16(7-13)27-18(22-15)23-5-4-19(11-23)8-14(9-19)21-17(24)12-3-6-28(25,26)10-12/h1-2,7,12,14H,3-6,8-11H2,(H,21,24). The molecule has 3 aliphatic rings. The smallest absolute Gasteiger partial charge is 0.298 e. The van der Waals surface area contributed by atoms with Crippen LogP contribution in [-0.2, 0) is 14.6 Å². The van der Waals surface area contributed by atoms with Crippen LogP contribution in [0.15, 0.2) is 22.6 Å². The number of sulfone groups is 1. The Morgan fingerprint density at radius 2 is 2.18 bits per heavy atom. The molecular weight excluding hydrogens is 402 g/mol. The fraction of sp³-hybridized carbons (Fsp3) is 0.579. The van der Waals surface area contributed by atoms with Crippen molar-refractivity contribution in [2.45, 2.75) is 31.7 Å². The molecule has 1 spiro atoms. The third-order valence-electron chi connectivity index (χ3n) is 6.36. The average molecular weight is 424 g/mol. The molecule has 1 saturated carbocycles. The van der Waals surface area contributed by atoms with Gasteiger partial charge in [-0.15, -0.1) is 0 Å². The summed E-state index contributed by atoms with van der Waals surface area (Å²) < 4.78 is 29.0. The Morgan fingerprint density at radius 1 is 1.36 bits per heavy atom. The molecule has 3 fully saturated rings. The van der Waals surface area contributed by atoms with E-state index in [0.717, 1.165) is 37.9 Å². The minimum Gasteiger partial charge on any atom is -0.423 e. The Morgan fingerprint density at radius 3 is 2.93 bits per heavy atom. The lowest BCUT2D eigenvalue weighted by Gasteiger charge is -2.45. The number of fused-ring (bicyclic) bond motifs is 1. The number of benzene rings is 1. The number of amides is 1. The summed E-state index contributed by atoms with van der Waals surface area (Å²) >= 11 is 6.02. The molecule has 2 aliphatic heterocycles. The number of nitrogens with one attached hydrogen (secondary N) is 1. The van der Waals surface area contributed by atoms with Gasteiger partial charge in [-0.3, -0.25) is 4.79 Å². The predicted molar refractivity (Wildman–Crippen MR) is 106 cm³/mol. The van der Waals surface area contributed by atoms with E-state index in [0.29, 0.717) is 23.0 Å². The summed E-state index contributed by atoms with van der Waals surface area (Å²) in [6, 6.07) is 6.19. The highest BCUT2D eigenvalue weighted by Crippen LogP contribution is 2.49. The van der Waals surface area contributed by atoms with Crippen molar-refractivity contribution in [2.24, 2.45) is 11.3 Å². The van der Waals surface area contributed by atoms with Crippen LogP contribution in [0, 0.1) is 11.3 Å². The van der Waals surface area contributed by atoms with Crippen molar-refractivity contribution in [2.75, 3.05) is 29.5 Å². The molecule has 0 bridgehead atoms. The van der Waals surface area contributed by atoms with Gasteiger partial charge in [-0.25, -0.2) is 8.42 Å². The maximum absolute atomic E-state index is 12.3. The first-order valence-electron chi connectivity index (χ1n) is 9.63. The largest absolute Gasteiger partial charge is 0.423 e. The van der Waals surface area contributed by atoms with Gasteiger partial charge in [0.15, 0.2) is 15.4 Å². The van der Waals surface area contributed by atoms with Gasteiger partial charge in [0, 0.05) is 30.2 Å². The van der Waals surface area contributed by atoms with Crippen molar-refractivity contribution in [1.29, 1.82) is 0 Å². The second-order valence-electron chi connectivity index (χ2n) is 8.49. The van der Waals surface area contributed by atoms with Crippen LogP contribution in [0.5, 0.6) is 0 Å². The van der Waals surface area contributed by atoms with Gasteiger partial charge < -0.3 is 14.6 Å². The van der Waals surface area contributed by atoms with Crippen LogP contribution in [0.4, 0.5) is 6.01 Å². The van der Waals surface area contributed by atoms with E-state index in [-0.39, 0.29) is 34.8 Å². The van der Waals surface area contributed by atoms with Gasteiger partial charge in [-0.2, -0.15) is 4.98 Å². The third kappa shape index (κ3) is 3.26. The van der Waals surface area contributed by atoms with Gasteiger partial charge in [0.05, 0.1) is 17.4 Å². The molecule has 1 aromatic heterocycles. The molecule has 1 atom stereocenters. The van der Waals surface area contributed by atoms with Gasteiger partial charge in [0.2, 0.25) is 5.91 Å². The number of carbonyl (C=O) groups is 1. The summed E-state index contributed by atoms with van der Waals surface area (Å²) in [5.41, 5.74) is 1.66. The number of oxazole rings is 1. The first kappa shape index (κ1) is 18.2. The lowest BCUT2D eigenvalue weighted by atomic mass is 9.65. The lowest BCUT2D eigenvalue weighted by molar-refractivity contribution is -0.126. The van der Waals surface area contributed by atoms with Crippen LogP contribution in [-0.4, -0.2) is 49.9 Å². The van der Waals surface area contributed by atoms with Gasteiger partial charge in [0.25, 0.3) is 6.01 Å². The van der Waals surface area contributed by atoms with Crippen molar-refractivity contribution in [3.8, 4) is 0 Å². The van der Waals surface area contributed by atoms with E-state index in [1.807, 2.05) is 6.07 Å². The van der Waals surface area contributed by atoms with Gasteiger partial charge >= 0.3 is 0 Å². The number of anilines is 1. The van der Waals surface area contributed by atoms with Crippen molar-refractivity contribution in [3.05, 3.63) is 23.2 Å². The lowest BCUT2D eigenvalue weighted by Crippen LogP contribution is -2.53. The summed E-state index contributed by atoms with van der Waals surface area (Å²) in [7, 11) is -3.03. The average Bonchev–Trinajstić information content (AvgIpc) is 3.30. The Hall–Kier alpha value is -1.80. The quantitative estimate of drug-likeness (QED) is 0.814. The normalized spacial score (nSPS) is 31.4. The summed E-state index contributed by atoms with van der Waals surface area (Å²) in [4.78, 5) is 19.1. The molecule has 1 N–H and O–H groups in total. The number of aromatic nitrogens is 1. The molecule has 150 valence electrons. The third-order valence-corrected chi connectivity index (χ3v) is 8.36. The predicted octanol–water partition coefficient (Wildman–Crippen LogP) is 2.39. The summed E-state index contributed by atoms with van der Waals surface area (Å²) in [6.45, 7) is 1.74. The number of nitrogens with zero attached hydrogens (tertiary/aromatic N) is 2. The Labute approximate surface area is 168 Å². The Balaban J connectivity index is 1.18. The summed E-state index contributed by atoms with van der Waals surface area (Å²) in [5.74, 6) is -0.365. The number of hydrogen-bond donors (Lipinski definition) is 1. The molecule has 2 saturated heterocycles. The molecule has 2 aromatic rings. The zero-order valence-electron chi connectivity index (χ0n) is 15.4. The highest BCUT2D eigenvalue weighted by Gasteiger charge is 2.50. The number of hydrogen-bond acceptors (Lipinski definition) is 6. The van der Waals surface area contributed by atoms with Gasteiger partial charge in [-0.1, -0.05) is 11.6 Å². The monoisotopic (exact) mass is 423 g/mol. The van der Waals surface area contributed by atoms with E-state index >= 15 is 0 Å². The minimum atomic E-state index is -3.03. The van der Waals surface area contributed by atoms with E-state index in [4.69, 9.17) is 16.0 Å². The van der Waals surface area contributed by atoms with E-state index in [1.54, 1.807) is 12.1 Å². The number of rotatable bonds is 3. The maximum atomic E-state index is 12.3. The number of carbonyl (C=O) groups excluding carboxylic acids is 1. The van der Waals surface area contributed by atoms with Crippen molar-refractivity contribution in [1.82, 2.24) is 10.3 Å². The van der Waals surface area contributed by atoms with Gasteiger partial charge in [-0.05, 0) is 43.2 Å². The van der Waals surface area contributed by atoms with Crippen LogP contribution in [0.25, 0.3) is 11.1 Å². The van der Waals surface area contributed by atoms with Crippen LogP contribution in [0.2, 0.25) is 5.02 Å². The Bertz CT molecular complexity index is 1040. The van der Waals surface area contributed by atoms with Gasteiger partial charge in [0.1, 0.15) is 5.52 Å². The SMILES string of the molecule is O=C(NC1CC2(CCN(c3nc4ccc(Cl)cc4o3)C2)C1)C1CCS(=O)(=O)C1. The highest BCUT2D eigenvalue weighted by molar-refractivity contribution is 7.91. The topological polar surface area (TPSA) is 92.5 Å². The van der Waals surface area contributed by atoms with Crippen LogP contribution >= 0.6 is 11.6 Å². The maximum Gasteiger partial charge on any atom is 0.298 e. The molecule has 1 amide bonds. The Kier molecular flexibility index (Phi) is 4.14. The van der Waals surface area contributed by atoms with Crippen LogP contribution in [0.1, 0.15) is 25.7 Å². The van der Waals surface area contributed by atoms with E-state index in [9.17, 15) is 13.2 Å². The number of halogens is 1. The fourth-order valence-corrected chi connectivity index (χ4v) is 6.77. The van der Waals surface area contributed by atoms with Crippen molar-refractivity contribution in [3.63, 3.8) is 0 Å². The zero-order valence-corrected chi connectivity index (χ0v) is 16.9. The first-order chi connectivity index (χ1) is 13.3. The highest BCUT2D eigenvalue weighted by atomic mass is 35.5. The van der Waals surface area contributed by atoms with Crippen molar-refractivity contribution < 1.29 is 17.6 Å². The minimum absolute atomic E-state index is 0.00773. The summed E-state index contributed by atoms with van der Waals surface area (Å²) in [5, 5.41) is 3.68. The zero-order chi connectivity index (χ0) is 19.5. The second kappa shape index (κ2) is 6.35. The van der Waals surface area contributed by atoms with E-state index < -0.39 is 9.84 Å². The molecule has 0 radical (unpaired) electrons. The molecule has 28 heavy (non-hydrogen) atoms. The van der Waals surface area contributed by atoms with Crippen LogP contribution in [0.3, 0.4) is 0 Å². The molecule has 5 rings (SSSR count). The molecule has 1 unspecified atom stereocenters. The molecular formula is C19H22ClN3O4S. The van der Waals surface area contributed by atoms with Crippen molar-refractivity contribution >= 4 is 44.5 Å². The van der Waals surface area contributed by atoms with E-state index in [2.05, 4.69) is 15.2 Å². The van der Waals surface area contributed by atoms with E-state index in [1.165, 1.54) is 0 Å². The molecule has 7 nitrogen and oxygen atoms in total. The van der Waals surface area contributed by atoms with Crippen LogP contribution < -0.4 is 10.2 Å². The molecule has 3 heterocycles. The summed E-state index contributed by atoms with van der Waals surface area (Å²) in [6.07, 6.45) is 3.32. The molecule has 9 heteroatoms. The first-order valence-corrected chi connectivity index (χ1v) is 11.8. The second-order valence-corrected chi connectivity index (χ2v) is 11.2. The molecule has 1 aliphatic carbocycles. The molecule has 1 aromatic carbocycles. The fourth-order valence-electron chi connectivity index (χ4n) is 4.86.